The highest BCUT2D eigenvalue weighted by molar-refractivity contribution is 7.80. The Labute approximate surface area is 209 Å². The predicted molar refractivity (Wildman–Crippen MR) is 153 cm³/mol. The highest BCUT2D eigenvalue weighted by atomic mass is 31.1. The van der Waals surface area contributed by atoms with E-state index in [-0.39, 0.29) is 0 Å². The standard InChI is InChI=1S/C33H27OP/c1-34-32-22-12-9-15-27(32)25-24-26-14-8-10-20-30(26)31-21-11-13-23-33(31)35(28-16-4-2-5-17-28)29-18-6-3-7-19-29/h2-25H,1H3. The van der Waals surface area contributed by atoms with E-state index in [4.69, 9.17) is 4.74 Å². The summed E-state index contributed by atoms with van der Waals surface area (Å²) in [6, 6.07) is 47.3. The third-order valence-electron chi connectivity index (χ3n) is 6.01. The van der Waals surface area contributed by atoms with Gasteiger partial charge in [0.05, 0.1) is 7.11 Å². The average Bonchev–Trinajstić information content (AvgIpc) is 2.94. The highest BCUT2D eigenvalue weighted by Crippen LogP contribution is 2.38. The molecule has 0 N–H and O–H groups in total. The van der Waals surface area contributed by atoms with Crippen molar-refractivity contribution in [2.24, 2.45) is 0 Å². The van der Waals surface area contributed by atoms with Crippen LogP contribution in [-0.4, -0.2) is 7.11 Å². The Morgan fingerprint density at radius 3 is 1.63 bits per heavy atom. The fourth-order valence-electron chi connectivity index (χ4n) is 4.35. The molecule has 0 amide bonds. The first-order valence-corrected chi connectivity index (χ1v) is 13.1. The fourth-order valence-corrected chi connectivity index (χ4v) is 6.82. The summed E-state index contributed by atoms with van der Waals surface area (Å²) in [6.45, 7) is 0. The van der Waals surface area contributed by atoms with Crippen molar-refractivity contribution in [1.82, 2.24) is 0 Å². The molecule has 1 nitrogen and oxygen atoms in total. The number of methoxy groups -OCH3 is 1. The molecule has 0 atom stereocenters. The van der Waals surface area contributed by atoms with Crippen LogP contribution in [0.4, 0.5) is 0 Å². The molecule has 0 saturated heterocycles. The Morgan fingerprint density at radius 1 is 0.486 bits per heavy atom. The molecule has 5 aromatic rings. The first kappa shape index (κ1) is 22.8. The van der Waals surface area contributed by atoms with Crippen LogP contribution in [0, 0.1) is 0 Å². The summed E-state index contributed by atoms with van der Waals surface area (Å²) in [5.74, 6) is 0.873. The first-order chi connectivity index (χ1) is 17.3. The van der Waals surface area contributed by atoms with Gasteiger partial charge in [0, 0.05) is 5.56 Å². The van der Waals surface area contributed by atoms with Crippen LogP contribution in [0.3, 0.4) is 0 Å². The van der Waals surface area contributed by atoms with Gasteiger partial charge in [-0.05, 0) is 46.6 Å². The SMILES string of the molecule is COc1ccccc1C=Cc1ccccc1-c1ccccc1P(c1ccccc1)c1ccccc1. The van der Waals surface area contributed by atoms with E-state index < -0.39 is 7.92 Å². The van der Waals surface area contributed by atoms with Gasteiger partial charge in [0.25, 0.3) is 0 Å². The lowest BCUT2D eigenvalue weighted by Crippen LogP contribution is -2.22. The van der Waals surface area contributed by atoms with Crippen LogP contribution in [0.2, 0.25) is 0 Å². The molecular weight excluding hydrogens is 443 g/mol. The molecule has 5 rings (SSSR count). The van der Waals surface area contributed by atoms with Gasteiger partial charge in [0.1, 0.15) is 5.75 Å². The first-order valence-electron chi connectivity index (χ1n) is 11.7. The molecule has 35 heavy (non-hydrogen) atoms. The number of hydrogen-bond donors (Lipinski definition) is 0. The van der Waals surface area contributed by atoms with E-state index in [2.05, 4.69) is 127 Å². The van der Waals surface area contributed by atoms with E-state index in [0.717, 1.165) is 11.3 Å². The largest absolute Gasteiger partial charge is 0.496 e. The highest BCUT2D eigenvalue weighted by Gasteiger charge is 2.20. The van der Waals surface area contributed by atoms with Gasteiger partial charge >= 0.3 is 0 Å². The van der Waals surface area contributed by atoms with Gasteiger partial charge in [0.2, 0.25) is 0 Å². The van der Waals surface area contributed by atoms with E-state index in [1.165, 1.54) is 32.6 Å². The van der Waals surface area contributed by atoms with Crippen LogP contribution < -0.4 is 20.7 Å². The molecule has 0 spiro atoms. The van der Waals surface area contributed by atoms with Crippen LogP contribution >= 0.6 is 7.92 Å². The van der Waals surface area contributed by atoms with Crippen molar-refractivity contribution in [1.29, 1.82) is 0 Å². The lowest BCUT2D eigenvalue weighted by molar-refractivity contribution is 0.414. The van der Waals surface area contributed by atoms with E-state index in [9.17, 15) is 0 Å². The third-order valence-corrected chi connectivity index (χ3v) is 8.51. The average molecular weight is 471 g/mol. The molecular formula is C33H27OP. The maximum atomic E-state index is 5.55. The van der Waals surface area contributed by atoms with Crippen molar-refractivity contribution in [3.8, 4) is 16.9 Å². The maximum absolute atomic E-state index is 5.55. The quantitative estimate of drug-likeness (QED) is 0.179. The Balaban J connectivity index is 1.64. The van der Waals surface area contributed by atoms with Gasteiger partial charge in [-0.25, -0.2) is 0 Å². The van der Waals surface area contributed by atoms with E-state index >= 15 is 0 Å². The van der Waals surface area contributed by atoms with Crippen LogP contribution in [0.5, 0.6) is 5.75 Å². The Kier molecular flexibility index (Phi) is 7.18. The van der Waals surface area contributed by atoms with Crippen LogP contribution in [0.25, 0.3) is 23.3 Å². The van der Waals surface area contributed by atoms with Gasteiger partial charge in [-0.1, -0.05) is 140 Å². The monoisotopic (exact) mass is 470 g/mol. The molecule has 0 bridgehead atoms. The van der Waals surface area contributed by atoms with Crippen molar-refractivity contribution in [3.05, 3.63) is 145 Å². The van der Waals surface area contributed by atoms with Gasteiger partial charge in [-0.15, -0.1) is 0 Å². The van der Waals surface area contributed by atoms with Gasteiger partial charge in [-0.3, -0.25) is 0 Å². The zero-order valence-electron chi connectivity index (χ0n) is 19.7. The van der Waals surface area contributed by atoms with Crippen LogP contribution in [-0.2, 0) is 0 Å². The summed E-state index contributed by atoms with van der Waals surface area (Å²) in [5.41, 5.74) is 4.75. The molecule has 2 heteroatoms. The Morgan fingerprint density at radius 2 is 0.971 bits per heavy atom. The Bertz CT molecular complexity index is 1380. The normalized spacial score (nSPS) is 11.1. The summed E-state index contributed by atoms with van der Waals surface area (Å²) < 4.78 is 5.55. The zero-order chi connectivity index (χ0) is 23.9. The minimum Gasteiger partial charge on any atom is -0.496 e. The Hall–Kier alpha value is -3.93. The molecule has 170 valence electrons. The molecule has 0 aliphatic rings. The molecule has 0 radical (unpaired) electrons. The number of ether oxygens (including phenoxy) is 1. The molecule has 0 saturated carbocycles. The van der Waals surface area contributed by atoms with Crippen molar-refractivity contribution >= 4 is 36.0 Å². The van der Waals surface area contributed by atoms with Crippen LogP contribution in [0.1, 0.15) is 11.1 Å². The van der Waals surface area contributed by atoms with Crippen molar-refractivity contribution in [2.75, 3.05) is 7.11 Å². The summed E-state index contributed by atoms with van der Waals surface area (Å²) in [4.78, 5) is 0. The molecule has 0 aliphatic carbocycles. The predicted octanol–water partition coefficient (Wildman–Crippen LogP) is 7.29. The van der Waals surface area contributed by atoms with Gasteiger partial charge in [0.15, 0.2) is 0 Å². The fraction of sp³-hybridized carbons (Fsp3) is 0.0303. The molecule has 0 heterocycles. The lowest BCUT2D eigenvalue weighted by Gasteiger charge is -2.23. The van der Waals surface area contributed by atoms with Crippen LogP contribution in [0.15, 0.2) is 133 Å². The number of benzene rings is 5. The second-order valence-corrected chi connectivity index (χ2v) is 10.4. The lowest BCUT2D eigenvalue weighted by atomic mass is 9.98. The number of hydrogen-bond acceptors (Lipinski definition) is 1. The molecule has 0 aliphatic heterocycles. The summed E-state index contributed by atoms with van der Waals surface area (Å²) >= 11 is 0. The van der Waals surface area contributed by atoms with E-state index in [1.54, 1.807) is 7.11 Å². The third kappa shape index (κ3) is 5.11. The molecule has 0 aromatic heterocycles. The topological polar surface area (TPSA) is 9.23 Å². The van der Waals surface area contributed by atoms with E-state index in [1.807, 2.05) is 18.2 Å². The van der Waals surface area contributed by atoms with Gasteiger partial charge in [-0.2, -0.15) is 0 Å². The maximum Gasteiger partial charge on any atom is 0.126 e. The summed E-state index contributed by atoms with van der Waals surface area (Å²) in [5, 5.41) is 4.06. The molecule has 0 fully saturated rings. The molecule has 0 unspecified atom stereocenters. The zero-order valence-corrected chi connectivity index (χ0v) is 20.6. The van der Waals surface area contributed by atoms with E-state index in [0.29, 0.717) is 0 Å². The smallest absolute Gasteiger partial charge is 0.126 e. The number of rotatable bonds is 7. The minimum atomic E-state index is -0.708. The molecule has 5 aromatic carbocycles. The number of para-hydroxylation sites is 1. The summed E-state index contributed by atoms with van der Waals surface area (Å²) in [6.07, 6.45) is 4.33. The van der Waals surface area contributed by atoms with Crippen molar-refractivity contribution in [2.45, 2.75) is 0 Å². The summed E-state index contributed by atoms with van der Waals surface area (Å²) in [7, 11) is 1.01. The second kappa shape index (κ2) is 11.0. The van der Waals surface area contributed by atoms with Gasteiger partial charge < -0.3 is 4.74 Å². The second-order valence-electron chi connectivity index (χ2n) is 8.19. The minimum absolute atomic E-state index is 0.708. The van der Waals surface area contributed by atoms with Crippen molar-refractivity contribution < 1.29 is 4.74 Å². The van der Waals surface area contributed by atoms with Crippen molar-refractivity contribution in [3.63, 3.8) is 0 Å².